The van der Waals surface area contributed by atoms with Crippen molar-refractivity contribution < 1.29 is 19.2 Å². The molecule has 0 amide bonds. The molecule has 5 saturated carbocycles. The van der Waals surface area contributed by atoms with E-state index in [-0.39, 0.29) is 0 Å². The molecule has 2 saturated heterocycles. The van der Waals surface area contributed by atoms with Gasteiger partial charge in [-0.05, 0) is 106 Å². The molecule has 2 spiro atoms. The highest BCUT2D eigenvalue weighted by Crippen LogP contribution is 2.64. The second-order valence-electron chi connectivity index (χ2n) is 12.3. The molecule has 7 aliphatic rings. The summed E-state index contributed by atoms with van der Waals surface area (Å²) in [6.07, 6.45) is 14.7. The van der Waals surface area contributed by atoms with Crippen LogP contribution in [0, 0.1) is 23.7 Å². The standard InChI is InChI=1S/C29H41NO4/c1-2-11-30(12-3-1)13-14-31-27-8-6-23(7-9-27)24-5-4-10-28(20-24)32-29(34-33-28)25-16-21-15-22(18-25)19-26(29)17-21/h6-9,21-22,24-26H,1-5,10-20H2/t21?,22?,24?,25?,26?,28-,29?/m1/s1. The quantitative estimate of drug-likeness (QED) is 0.494. The summed E-state index contributed by atoms with van der Waals surface area (Å²) in [5.74, 6) is 3.29. The molecule has 0 N–H and O–H groups in total. The Morgan fingerprint density at radius 1 is 0.853 bits per heavy atom. The van der Waals surface area contributed by atoms with Crippen LogP contribution in [0.25, 0.3) is 0 Å². The minimum Gasteiger partial charge on any atom is -0.492 e. The lowest BCUT2D eigenvalue weighted by atomic mass is 9.53. The van der Waals surface area contributed by atoms with E-state index in [4.69, 9.17) is 19.2 Å². The van der Waals surface area contributed by atoms with Gasteiger partial charge < -0.3 is 9.47 Å². The van der Waals surface area contributed by atoms with E-state index < -0.39 is 11.6 Å². The van der Waals surface area contributed by atoms with Crippen LogP contribution in [0.5, 0.6) is 5.75 Å². The second kappa shape index (κ2) is 8.76. The van der Waals surface area contributed by atoms with E-state index in [2.05, 4.69) is 29.2 Å². The van der Waals surface area contributed by atoms with Crippen molar-refractivity contribution >= 4 is 0 Å². The van der Waals surface area contributed by atoms with E-state index in [9.17, 15) is 0 Å². The van der Waals surface area contributed by atoms with Gasteiger partial charge in [0.1, 0.15) is 12.4 Å². The molecule has 7 fully saturated rings. The maximum Gasteiger partial charge on any atom is 0.210 e. The monoisotopic (exact) mass is 467 g/mol. The molecule has 2 atom stereocenters. The highest BCUT2D eigenvalue weighted by molar-refractivity contribution is 5.30. The topological polar surface area (TPSA) is 40.2 Å². The van der Waals surface area contributed by atoms with Gasteiger partial charge in [0.2, 0.25) is 11.6 Å². The van der Waals surface area contributed by atoms with E-state index in [0.717, 1.165) is 50.0 Å². The van der Waals surface area contributed by atoms with Gasteiger partial charge in [0.05, 0.1) is 0 Å². The van der Waals surface area contributed by atoms with Crippen molar-refractivity contribution in [3.63, 3.8) is 0 Å². The molecule has 2 heterocycles. The van der Waals surface area contributed by atoms with Gasteiger partial charge in [-0.3, -0.25) is 4.90 Å². The summed E-state index contributed by atoms with van der Waals surface area (Å²) in [4.78, 5) is 15.0. The average molecular weight is 468 g/mol. The first kappa shape index (κ1) is 22.1. The van der Waals surface area contributed by atoms with Crippen molar-refractivity contribution in [2.75, 3.05) is 26.2 Å². The summed E-state index contributed by atoms with van der Waals surface area (Å²) in [7, 11) is 0. The third-order valence-electron chi connectivity index (χ3n) is 10.1. The van der Waals surface area contributed by atoms with Crippen LogP contribution in [0.1, 0.15) is 88.5 Å². The Balaban J connectivity index is 0.981. The fourth-order valence-electron chi connectivity index (χ4n) is 8.57. The highest BCUT2D eigenvalue weighted by Gasteiger charge is 2.67. The second-order valence-corrected chi connectivity index (χ2v) is 12.3. The van der Waals surface area contributed by atoms with Gasteiger partial charge in [-0.25, -0.2) is 0 Å². The SMILES string of the molecule is c1cc(C2CCC[C@]3(C2)OOC2(O3)C3CC4CC(C3)CC2C4)ccc1OCCN1CCCCC1. The zero-order chi connectivity index (χ0) is 22.6. The molecular weight excluding hydrogens is 426 g/mol. The van der Waals surface area contributed by atoms with E-state index in [1.54, 1.807) is 0 Å². The van der Waals surface area contributed by atoms with Gasteiger partial charge in [-0.1, -0.05) is 18.6 Å². The zero-order valence-corrected chi connectivity index (χ0v) is 20.6. The van der Waals surface area contributed by atoms with Crippen LogP contribution in [-0.2, 0) is 14.5 Å². The van der Waals surface area contributed by atoms with Crippen molar-refractivity contribution in [2.24, 2.45) is 23.7 Å². The van der Waals surface area contributed by atoms with Crippen molar-refractivity contribution in [3.8, 4) is 5.75 Å². The summed E-state index contributed by atoms with van der Waals surface area (Å²) < 4.78 is 13.0. The maximum atomic E-state index is 6.97. The normalized spacial score (nSPS) is 43.7. The molecular formula is C29H41NO4. The molecule has 4 bridgehead atoms. The van der Waals surface area contributed by atoms with Gasteiger partial charge in [-0.2, -0.15) is 9.78 Å². The van der Waals surface area contributed by atoms with Crippen LogP contribution >= 0.6 is 0 Å². The lowest BCUT2D eigenvalue weighted by molar-refractivity contribution is -0.390. The minimum atomic E-state index is -0.554. The predicted octanol–water partition coefficient (Wildman–Crippen LogP) is 6.04. The predicted molar refractivity (Wildman–Crippen MR) is 129 cm³/mol. The number of nitrogens with zero attached hydrogens (tertiary/aromatic N) is 1. The molecule has 2 aliphatic heterocycles. The van der Waals surface area contributed by atoms with E-state index in [1.165, 1.54) is 76.4 Å². The summed E-state index contributed by atoms with van der Waals surface area (Å²) >= 11 is 0. The number of ether oxygens (including phenoxy) is 2. The number of piperidine rings is 1. The molecule has 5 nitrogen and oxygen atoms in total. The summed E-state index contributed by atoms with van der Waals surface area (Å²) in [6, 6.07) is 8.82. The first-order chi connectivity index (χ1) is 16.7. The van der Waals surface area contributed by atoms with Crippen molar-refractivity contribution in [3.05, 3.63) is 29.8 Å². The first-order valence-electron chi connectivity index (χ1n) is 14.2. The molecule has 0 radical (unpaired) electrons. The van der Waals surface area contributed by atoms with Crippen molar-refractivity contribution in [1.82, 2.24) is 4.90 Å². The Morgan fingerprint density at radius 2 is 1.59 bits per heavy atom. The number of rotatable bonds is 5. The first-order valence-corrected chi connectivity index (χ1v) is 14.2. The van der Waals surface area contributed by atoms with E-state index in [1.807, 2.05) is 0 Å². The maximum absolute atomic E-state index is 6.97. The number of benzene rings is 1. The van der Waals surface area contributed by atoms with E-state index in [0.29, 0.717) is 17.8 Å². The molecule has 5 aliphatic carbocycles. The molecule has 0 aromatic heterocycles. The summed E-state index contributed by atoms with van der Waals surface area (Å²) in [6.45, 7) is 4.26. The molecule has 34 heavy (non-hydrogen) atoms. The number of hydrogen-bond acceptors (Lipinski definition) is 5. The fourth-order valence-corrected chi connectivity index (χ4v) is 8.57. The van der Waals surface area contributed by atoms with Crippen LogP contribution in [0.4, 0.5) is 0 Å². The molecule has 1 unspecified atom stereocenters. The summed E-state index contributed by atoms with van der Waals surface area (Å²) in [5.41, 5.74) is 1.38. The fraction of sp³-hybridized carbons (Fsp3) is 0.793. The van der Waals surface area contributed by atoms with E-state index >= 15 is 0 Å². The van der Waals surface area contributed by atoms with Gasteiger partial charge >= 0.3 is 0 Å². The van der Waals surface area contributed by atoms with Gasteiger partial charge in [0, 0.05) is 31.2 Å². The minimum absolute atomic E-state index is 0.451. The Hall–Kier alpha value is -1.14. The van der Waals surface area contributed by atoms with Crippen LogP contribution in [0.2, 0.25) is 0 Å². The van der Waals surface area contributed by atoms with Crippen LogP contribution in [0.15, 0.2) is 24.3 Å². The molecule has 1 aromatic rings. The Morgan fingerprint density at radius 3 is 2.32 bits per heavy atom. The number of hydrogen-bond donors (Lipinski definition) is 0. The lowest BCUT2D eigenvalue weighted by Crippen LogP contribution is -2.59. The molecule has 1 aromatic carbocycles. The smallest absolute Gasteiger partial charge is 0.210 e. The largest absolute Gasteiger partial charge is 0.492 e. The van der Waals surface area contributed by atoms with Crippen molar-refractivity contribution in [2.45, 2.75) is 94.5 Å². The molecule has 8 rings (SSSR count). The Labute approximate surface area is 204 Å². The zero-order valence-electron chi connectivity index (χ0n) is 20.6. The number of likely N-dealkylation sites (tertiary alicyclic amines) is 1. The Kier molecular flexibility index (Phi) is 5.69. The van der Waals surface area contributed by atoms with Gasteiger partial charge in [-0.15, -0.1) is 0 Å². The van der Waals surface area contributed by atoms with Crippen LogP contribution in [-0.4, -0.2) is 42.7 Å². The lowest BCUT2D eigenvalue weighted by Gasteiger charge is -2.57. The third-order valence-corrected chi connectivity index (χ3v) is 10.1. The van der Waals surface area contributed by atoms with Gasteiger partial charge in [0.25, 0.3) is 0 Å². The Bertz CT molecular complexity index is 837. The van der Waals surface area contributed by atoms with Crippen molar-refractivity contribution in [1.29, 1.82) is 0 Å². The van der Waals surface area contributed by atoms with Crippen LogP contribution in [0.3, 0.4) is 0 Å². The summed E-state index contributed by atoms with van der Waals surface area (Å²) in [5, 5.41) is 0. The van der Waals surface area contributed by atoms with Gasteiger partial charge in [0.15, 0.2) is 0 Å². The molecule has 5 heteroatoms. The average Bonchev–Trinajstić information content (AvgIpc) is 3.22. The van der Waals surface area contributed by atoms with Crippen LogP contribution < -0.4 is 4.74 Å². The highest BCUT2D eigenvalue weighted by atomic mass is 17.3. The molecule has 186 valence electrons. The third kappa shape index (κ3) is 3.91.